The zero-order chi connectivity index (χ0) is 37.3. The number of hydrogen-bond acceptors (Lipinski definition) is 1. The Balaban J connectivity index is 1.32. The first kappa shape index (κ1) is 33.2. The minimum atomic E-state index is 1.12. The highest BCUT2D eigenvalue weighted by molar-refractivity contribution is 6.21. The van der Waals surface area contributed by atoms with Gasteiger partial charge in [-0.2, -0.15) is 0 Å². The minimum absolute atomic E-state index is 1.12. The van der Waals surface area contributed by atoms with Gasteiger partial charge in [0.1, 0.15) is 0 Å². The van der Waals surface area contributed by atoms with Crippen molar-refractivity contribution in [1.29, 1.82) is 0 Å². The van der Waals surface area contributed by atoms with Gasteiger partial charge in [0, 0.05) is 18.0 Å². The molecular weight excluding hydrogens is 675 g/mol. The molecule has 0 saturated carbocycles. The molecule has 9 aromatic carbocycles. The SMILES string of the molecule is c1ccc(-c2cc(-c3cccc(-c4c5ccccc5c(-c5cccnc5)c5ccccc45)c3)c(-c3ccccc3)c(-c3ccccc3)c2-c2ccccc2)cc1. The summed E-state index contributed by atoms with van der Waals surface area (Å²) in [5, 5.41) is 4.88. The van der Waals surface area contributed by atoms with Crippen molar-refractivity contribution in [2.75, 3.05) is 0 Å². The minimum Gasteiger partial charge on any atom is -0.264 e. The number of hydrogen-bond donors (Lipinski definition) is 0. The fourth-order valence-corrected chi connectivity index (χ4v) is 8.56. The first-order chi connectivity index (χ1) is 27.8. The zero-order valence-corrected chi connectivity index (χ0v) is 30.8. The predicted molar refractivity (Wildman–Crippen MR) is 237 cm³/mol. The molecule has 0 unspecified atom stereocenters. The van der Waals surface area contributed by atoms with Crippen LogP contribution in [-0.2, 0) is 0 Å². The van der Waals surface area contributed by atoms with E-state index in [-0.39, 0.29) is 0 Å². The third kappa shape index (κ3) is 5.87. The summed E-state index contributed by atoms with van der Waals surface area (Å²) in [4.78, 5) is 4.52. The maximum atomic E-state index is 4.52. The zero-order valence-electron chi connectivity index (χ0n) is 30.8. The van der Waals surface area contributed by atoms with Crippen molar-refractivity contribution in [3.8, 4) is 77.9 Å². The molecular formula is C55H37N. The van der Waals surface area contributed by atoms with Gasteiger partial charge in [-0.3, -0.25) is 4.98 Å². The summed E-state index contributed by atoms with van der Waals surface area (Å²) in [6.07, 6.45) is 3.82. The number of fused-ring (bicyclic) bond motifs is 2. The van der Waals surface area contributed by atoms with Crippen LogP contribution in [0.15, 0.2) is 225 Å². The van der Waals surface area contributed by atoms with E-state index in [4.69, 9.17) is 0 Å². The van der Waals surface area contributed by atoms with Crippen molar-refractivity contribution in [2.24, 2.45) is 0 Å². The molecule has 10 aromatic rings. The van der Waals surface area contributed by atoms with Crippen molar-refractivity contribution >= 4 is 21.5 Å². The fraction of sp³-hybridized carbons (Fsp3) is 0. The molecule has 0 atom stereocenters. The number of rotatable bonds is 7. The fourth-order valence-electron chi connectivity index (χ4n) is 8.56. The standard InChI is InChI=1S/C55H37N/c1-5-19-38(20-6-1)49-36-50(54(40-23-9-3-10-24-40)55(41-25-11-4-12-26-41)53(49)39-21-7-2-8-22-39)42-27-17-28-43(35-42)51-45-30-13-15-32-47(45)52(44-29-18-34-56-37-44)48-33-16-14-31-46(48)51/h1-37H. The second kappa shape index (κ2) is 14.5. The molecule has 0 radical (unpaired) electrons. The number of pyridine rings is 1. The van der Waals surface area contributed by atoms with Gasteiger partial charge in [0.15, 0.2) is 0 Å². The molecule has 1 aromatic heterocycles. The molecule has 0 aliphatic rings. The van der Waals surface area contributed by atoms with Crippen LogP contribution in [-0.4, -0.2) is 4.98 Å². The molecule has 0 N–H and O–H groups in total. The Morgan fingerprint density at radius 3 is 1.09 bits per heavy atom. The summed E-state index contributed by atoms with van der Waals surface area (Å²) >= 11 is 0. The number of aromatic nitrogens is 1. The van der Waals surface area contributed by atoms with E-state index < -0.39 is 0 Å². The highest BCUT2D eigenvalue weighted by atomic mass is 14.6. The Bertz CT molecular complexity index is 2920. The van der Waals surface area contributed by atoms with Gasteiger partial charge in [0.25, 0.3) is 0 Å². The molecule has 1 nitrogen and oxygen atoms in total. The molecule has 0 saturated heterocycles. The second-order valence-electron chi connectivity index (χ2n) is 14.2. The average Bonchev–Trinajstić information content (AvgIpc) is 3.29. The largest absolute Gasteiger partial charge is 0.264 e. The van der Waals surface area contributed by atoms with Crippen molar-refractivity contribution in [1.82, 2.24) is 4.98 Å². The van der Waals surface area contributed by atoms with Gasteiger partial charge in [0.2, 0.25) is 0 Å². The lowest BCUT2D eigenvalue weighted by Gasteiger charge is -2.25. The van der Waals surface area contributed by atoms with Crippen molar-refractivity contribution in [3.63, 3.8) is 0 Å². The maximum absolute atomic E-state index is 4.52. The van der Waals surface area contributed by atoms with Crippen molar-refractivity contribution in [2.45, 2.75) is 0 Å². The molecule has 262 valence electrons. The van der Waals surface area contributed by atoms with Crippen LogP contribution in [0.4, 0.5) is 0 Å². The summed E-state index contributed by atoms with van der Waals surface area (Å²) in [5.74, 6) is 0. The second-order valence-corrected chi connectivity index (χ2v) is 14.2. The van der Waals surface area contributed by atoms with Gasteiger partial charge in [-0.25, -0.2) is 0 Å². The van der Waals surface area contributed by atoms with Gasteiger partial charge < -0.3 is 0 Å². The van der Waals surface area contributed by atoms with Gasteiger partial charge in [-0.1, -0.05) is 194 Å². The Morgan fingerprint density at radius 2 is 0.607 bits per heavy atom. The van der Waals surface area contributed by atoms with E-state index in [1.165, 1.54) is 93.9 Å². The van der Waals surface area contributed by atoms with Gasteiger partial charge in [0.05, 0.1) is 0 Å². The maximum Gasteiger partial charge on any atom is 0.0346 e. The van der Waals surface area contributed by atoms with Crippen LogP contribution in [0.2, 0.25) is 0 Å². The van der Waals surface area contributed by atoms with Crippen molar-refractivity contribution in [3.05, 3.63) is 225 Å². The van der Waals surface area contributed by atoms with Crippen LogP contribution in [0.3, 0.4) is 0 Å². The Hall–Kier alpha value is -7.35. The molecule has 0 fully saturated rings. The summed E-state index contributed by atoms with van der Waals surface area (Å²) in [6, 6.07) is 77.1. The molecule has 0 amide bonds. The van der Waals surface area contributed by atoms with Crippen LogP contribution in [0.5, 0.6) is 0 Å². The first-order valence-corrected chi connectivity index (χ1v) is 19.2. The van der Waals surface area contributed by atoms with Crippen LogP contribution in [0.25, 0.3) is 99.4 Å². The predicted octanol–water partition coefficient (Wildman–Crippen LogP) is 15.1. The van der Waals surface area contributed by atoms with E-state index in [9.17, 15) is 0 Å². The lowest BCUT2D eigenvalue weighted by Crippen LogP contribution is -1.98. The van der Waals surface area contributed by atoms with Gasteiger partial charge in [-0.15, -0.1) is 0 Å². The van der Waals surface area contributed by atoms with Crippen molar-refractivity contribution < 1.29 is 0 Å². The van der Waals surface area contributed by atoms with E-state index in [2.05, 4.69) is 211 Å². The normalized spacial score (nSPS) is 11.2. The van der Waals surface area contributed by atoms with Crippen LogP contribution < -0.4 is 0 Å². The van der Waals surface area contributed by atoms with E-state index in [1.54, 1.807) is 0 Å². The Kier molecular flexibility index (Phi) is 8.59. The first-order valence-electron chi connectivity index (χ1n) is 19.2. The quantitative estimate of drug-likeness (QED) is 0.150. The van der Waals surface area contributed by atoms with E-state index in [0.29, 0.717) is 0 Å². The average molecular weight is 712 g/mol. The molecule has 10 rings (SSSR count). The van der Waals surface area contributed by atoms with Crippen LogP contribution >= 0.6 is 0 Å². The molecule has 0 aliphatic carbocycles. The molecule has 56 heavy (non-hydrogen) atoms. The van der Waals surface area contributed by atoms with E-state index >= 15 is 0 Å². The summed E-state index contributed by atoms with van der Waals surface area (Å²) in [5.41, 5.74) is 16.7. The van der Waals surface area contributed by atoms with E-state index in [0.717, 1.165) is 5.56 Å². The van der Waals surface area contributed by atoms with Crippen LogP contribution in [0, 0.1) is 0 Å². The summed E-state index contributed by atoms with van der Waals surface area (Å²) in [6.45, 7) is 0. The number of benzene rings is 9. The van der Waals surface area contributed by atoms with Gasteiger partial charge >= 0.3 is 0 Å². The lowest BCUT2D eigenvalue weighted by atomic mass is 9.78. The topological polar surface area (TPSA) is 12.9 Å². The molecule has 0 aliphatic heterocycles. The molecule has 0 spiro atoms. The van der Waals surface area contributed by atoms with Crippen LogP contribution in [0.1, 0.15) is 0 Å². The summed E-state index contributed by atoms with van der Waals surface area (Å²) in [7, 11) is 0. The molecule has 0 bridgehead atoms. The Labute approximate surface area is 327 Å². The lowest BCUT2D eigenvalue weighted by molar-refractivity contribution is 1.33. The third-order valence-corrected chi connectivity index (χ3v) is 10.9. The molecule has 1 heteroatoms. The van der Waals surface area contributed by atoms with Gasteiger partial charge in [-0.05, 0) is 112 Å². The molecule has 1 heterocycles. The summed E-state index contributed by atoms with van der Waals surface area (Å²) < 4.78 is 0. The van der Waals surface area contributed by atoms with E-state index in [1.807, 2.05) is 18.5 Å². The monoisotopic (exact) mass is 711 g/mol. The highest BCUT2D eigenvalue weighted by Crippen LogP contribution is 2.51. The highest BCUT2D eigenvalue weighted by Gasteiger charge is 2.24. The number of nitrogens with zero attached hydrogens (tertiary/aromatic N) is 1. The third-order valence-electron chi connectivity index (χ3n) is 10.9. The smallest absolute Gasteiger partial charge is 0.0346 e. The Morgan fingerprint density at radius 1 is 0.232 bits per heavy atom.